The van der Waals surface area contributed by atoms with E-state index in [2.05, 4.69) is 10.4 Å². The van der Waals surface area contributed by atoms with Gasteiger partial charge in [-0.25, -0.2) is 0 Å². The highest BCUT2D eigenvalue weighted by Gasteiger charge is 2.43. The van der Waals surface area contributed by atoms with Gasteiger partial charge in [-0.05, 0) is 43.0 Å². The average molecular weight is 304 g/mol. The second kappa shape index (κ2) is 5.53. The zero-order valence-corrected chi connectivity index (χ0v) is 12.9. The van der Waals surface area contributed by atoms with Gasteiger partial charge in [-0.15, -0.1) is 0 Å². The number of hydrogen-bond acceptors (Lipinski definition) is 2. The van der Waals surface area contributed by atoms with E-state index in [1.807, 2.05) is 44.3 Å². The van der Waals surface area contributed by atoms with E-state index in [-0.39, 0.29) is 11.8 Å². The summed E-state index contributed by atoms with van der Waals surface area (Å²) in [6, 6.07) is 9.75. The first-order valence-electron chi connectivity index (χ1n) is 7.07. The van der Waals surface area contributed by atoms with Crippen molar-refractivity contribution in [2.24, 2.45) is 13.0 Å². The lowest BCUT2D eigenvalue weighted by atomic mass is 10.1. The number of nitrogens with one attached hydrogen (secondary N) is 1. The molecule has 1 N–H and O–H groups in total. The first-order chi connectivity index (χ1) is 10.0. The Morgan fingerprint density at radius 2 is 2.14 bits per heavy atom. The maximum atomic E-state index is 12.2. The number of benzene rings is 1. The number of amides is 1. The van der Waals surface area contributed by atoms with Crippen LogP contribution in [-0.4, -0.2) is 15.7 Å². The molecule has 2 unspecified atom stereocenters. The zero-order valence-electron chi connectivity index (χ0n) is 12.1. The maximum Gasteiger partial charge on any atom is 0.224 e. The van der Waals surface area contributed by atoms with E-state index in [4.69, 9.17) is 11.6 Å². The Kier molecular flexibility index (Phi) is 3.72. The summed E-state index contributed by atoms with van der Waals surface area (Å²) < 4.78 is 1.80. The van der Waals surface area contributed by atoms with Crippen LogP contribution in [0.15, 0.2) is 30.3 Å². The molecule has 1 saturated carbocycles. The molecule has 0 spiro atoms. The van der Waals surface area contributed by atoms with Crippen molar-refractivity contribution < 1.29 is 4.79 Å². The van der Waals surface area contributed by atoms with E-state index in [1.165, 1.54) is 5.56 Å². The van der Waals surface area contributed by atoms with E-state index in [1.54, 1.807) is 4.68 Å². The second-order valence-electron chi connectivity index (χ2n) is 5.62. The number of aromatic nitrogens is 2. The molecule has 1 aromatic carbocycles. The largest absolute Gasteiger partial charge is 0.350 e. The molecule has 1 aliphatic rings. The fourth-order valence-electron chi connectivity index (χ4n) is 2.70. The molecular weight excluding hydrogens is 286 g/mol. The Balaban J connectivity index is 1.56. The lowest BCUT2D eigenvalue weighted by Gasteiger charge is -2.05. The van der Waals surface area contributed by atoms with Gasteiger partial charge in [-0.1, -0.05) is 23.7 Å². The highest BCUT2D eigenvalue weighted by Crippen LogP contribution is 2.47. The van der Waals surface area contributed by atoms with Crippen LogP contribution in [-0.2, 0) is 18.4 Å². The van der Waals surface area contributed by atoms with Gasteiger partial charge < -0.3 is 5.32 Å². The van der Waals surface area contributed by atoms with Crippen LogP contribution in [0.5, 0.6) is 0 Å². The third kappa shape index (κ3) is 3.10. The fraction of sp³-hybridized carbons (Fsp3) is 0.375. The van der Waals surface area contributed by atoms with Crippen LogP contribution in [0.3, 0.4) is 0 Å². The summed E-state index contributed by atoms with van der Waals surface area (Å²) in [5, 5.41) is 8.00. The van der Waals surface area contributed by atoms with Gasteiger partial charge in [-0.3, -0.25) is 9.48 Å². The van der Waals surface area contributed by atoms with Crippen molar-refractivity contribution in [3.63, 3.8) is 0 Å². The lowest BCUT2D eigenvalue weighted by Crippen LogP contribution is -2.25. The Morgan fingerprint density at radius 3 is 2.76 bits per heavy atom. The predicted octanol–water partition coefficient (Wildman–Crippen LogP) is 2.80. The molecular formula is C16H18ClN3O. The number of carbonyl (C=O) groups is 1. The predicted molar refractivity (Wildman–Crippen MR) is 82.1 cm³/mol. The first kappa shape index (κ1) is 14.1. The van der Waals surface area contributed by atoms with E-state index in [9.17, 15) is 4.79 Å². The first-order valence-corrected chi connectivity index (χ1v) is 7.45. The monoisotopic (exact) mass is 303 g/mol. The van der Waals surface area contributed by atoms with Gasteiger partial charge in [-0.2, -0.15) is 5.10 Å². The quantitative estimate of drug-likeness (QED) is 0.944. The number of carbonyl (C=O) groups excluding carboxylic acids is 1. The molecule has 4 nitrogen and oxygen atoms in total. The van der Waals surface area contributed by atoms with Crippen molar-refractivity contribution >= 4 is 17.5 Å². The van der Waals surface area contributed by atoms with Crippen molar-refractivity contribution in [2.75, 3.05) is 0 Å². The van der Waals surface area contributed by atoms with Crippen LogP contribution in [0, 0.1) is 12.8 Å². The molecule has 2 atom stereocenters. The van der Waals surface area contributed by atoms with Crippen LogP contribution in [0.25, 0.3) is 0 Å². The summed E-state index contributed by atoms with van der Waals surface area (Å²) in [5.74, 6) is 0.532. The Morgan fingerprint density at radius 1 is 1.43 bits per heavy atom. The minimum absolute atomic E-state index is 0.0838. The summed E-state index contributed by atoms with van der Waals surface area (Å²) in [6.45, 7) is 2.47. The van der Waals surface area contributed by atoms with E-state index in [0.29, 0.717) is 12.5 Å². The van der Waals surface area contributed by atoms with Crippen molar-refractivity contribution in [1.82, 2.24) is 15.1 Å². The van der Waals surface area contributed by atoms with Crippen molar-refractivity contribution in [2.45, 2.75) is 25.8 Å². The Bertz CT molecular complexity index is 663. The molecule has 5 heteroatoms. The molecule has 0 radical (unpaired) electrons. The molecule has 0 saturated heterocycles. The van der Waals surface area contributed by atoms with Gasteiger partial charge in [0.25, 0.3) is 0 Å². The summed E-state index contributed by atoms with van der Waals surface area (Å²) in [6.07, 6.45) is 0.915. The van der Waals surface area contributed by atoms with Crippen molar-refractivity contribution in [1.29, 1.82) is 0 Å². The number of aryl methyl sites for hydroxylation is 2. The standard InChI is InChI=1S/C16H18ClN3O/c1-10-7-13(20(2)19-10)9-18-16(21)15-8-14(15)11-3-5-12(17)6-4-11/h3-7,14-15H,8-9H2,1-2H3,(H,18,21). The van der Waals surface area contributed by atoms with Crippen LogP contribution >= 0.6 is 11.6 Å². The van der Waals surface area contributed by atoms with Crippen LogP contribution in [0.2, 0.25) is 5.02 Å². The minimum Gasteiger partial charge on any atom is -0.350 e. The summed E-state index contributed by atoms with van der Waals surface area (Å²) in [7, 11) is 1.89. The van der Waals surface area contributed by atoms with Gasteiger partial charge in [0.05, 0.1) is 17.9 Å². The normalized spacial score (nSPS) is 20.3. The number of rotatable bonds is 4. The number of halogens is 1. The third-order valence-electron chi connectivity index (χ3n) is 3.97. The number of hydrogen-bond donors (Lipinski definition) is 1. The third-order valence-corrected chi connectivity index (χ3v) is 4.22. The molecule has 0 aliphatic heterocycles. The van der Waals surface area contributed by atoms with Crippen molar-refractivity contribution in [3.8, 4) is 0 Å². The molecule has 1 amide bonds. The Hall–Kier alpha value is -1.81. The molecule has 1 aromatic heterocycles. The minimum atomic E-state index is 0.0838. The molecule has 3 rings (SSSR count). The molecule has 110 valence electrons. The molecule has 1 heterocycles. The Labute approximate surface area is 129 Å². The van der Waals surface area contributed by atoms with Gasteiger partial charge in [0.2, 0.25) is 5.91 Å². The van der Waals surface area contributed by atoms with Gasteiger partial charge in [0.1, 0.15) is 0 Å². The van der Waals surface area contributed by atoms with E-state index < -0.39 is 0 Å². The van der Waals surface area contributed by atoms with Gasteiger partial charge in [0.15, 0.2) is 0 Å². The fourth-order valence-corrected chi connectivity index (χ4v) is 2.83. The van der Waals surface area contributed by atoms with Gasteiger partial charge >= 0.3 is 0 Å². The van der Waals surface area contributed by atoms with Crippen LogP contribution in [0.1, 0.15) is 29.3 Å². The summed E-state index contributed by atoms with van der Waals surface area (Å²) in [5.41, 5.74) is 3.17. The molecule has 1 aliphatic carbocycles. The second-order valence-corrected chi connectivity index (χ2v) is 6.06. The molecule has 21 heavy (non-hydrogen) atoms. The highest BCUT2D eigenvalue weighted by molar-refractivity contribution is 6.30. The maximum absolute atomic E-state index is 12.2. The van der Waals surface area contributed by atoms with Crippen molar-refractivity contribution in [3.05, 3.63) is 52.3 Å². The van der Waals surface area contributed by atoms with Gasteiger partial charge in [0, 0.05) is 18.0 Å². The lowest BCUT2D eigenvalue weighted by molar-refractivity contribution is -0.122. The smallest absolute Gasteiger partial charge is 0.224 e. The van der Waals surface area contributed by atoms with E-state index >= 15 is 0 Å². The van der Waals surface area contributed by atoms with E-state index in [0.717, 1.165) is 22.8 Å². The topological polar surface area (TPSA) is 46.9 Å². The van der Waals surface area contributed by atoms with Crippen LogP contribution < -0.4 is 5.32 Å². The molecule has 2 aromatic rings. The zero-order chi connectivity index (χ0) is 15.0. The highest BCUT2D eigenvalue weighted by atomic mass is 35.5. The van der Waals surface area contributed by atoms with Crippen LogP contribution in [0.4, 0.5) is 0 Å². The summed E-state index contributed by atoms with van der Waals surface area (Å²) >= 11 is 5.88. The SMILES string of the molecule is Cc1cc(CNC(=O)C2CC2c2ccc(Cl)cc2)n(C)n1. The summed E-state index contributed by atoms with van der Waals surface area (Å²) in [4.78, 5) is 12.2. The molecule has 1 fully saturated rings. The number of nitrogens with zero attached hydrogens (tertiary/aromatic N) is 2. The molecule has 0 bridgehead atoms. The average Bonchev–Trinajstić information content (AvgIpc) is 3.17.